The highest BCUT2D eigenvalue weighted by atomic mass is 79.9. The maximum atomic E-state index is 6.56. The molecule has 0 aliphatic rings. The van der Waals surface area contributed by atoms with Crippen LogP contribution in [-0.2, 0) is 0 Å². The van der Waals surface area contributed by atoms with E-state index in [1.807, 2.05) is 23.6 Å². The van der Waals surface area contributed by atoms with Crippen molar-refractivity contribution in [1.29, 1.82) is 0 Å². The molecule has 0 aliphatic carbocycles. The molecule has 3 nitrogen and oxygen atoms in total. The van der Waals surface area contributed by atoms with Crippen molar-refractivity contribution < 1.29 is 14.2 Å². The van der Waals surface area contributed by atoms with Crippen molar-refractivity contribution in [3.63, 3.8) is 0 Å². The molecule has 0 aliphatic heterocycles. The van der Waals surface area contributed by atoms with Crippen molar-refractivity contribution in [3.8, 4) is 17.2 Å². The Morgan fingerprint density at radius 2 is 1.70 bits per heavy atom. The molecular weight excluding hydrogens is 364 g/mol. The van der Waals surface area contributed by atoms with E-state index in [2.05, 4.69) is 15.9 Å². The normalized spacial score (nSPS) is 12.1. The number of thiophene rings is 1. The van der Waals surface area contributed by atoms with Crippen LogP contribution < -0.4 is 14.2 Å². The first-order valence-corrected chi connectivity index (χ1v) is 7.90. The summed E-state index contributed by atoms with van der Waals surface area (Å²) in [6.07, 6.45) is 0. The second-order valence-corrected chi connectivity index (χ2v) is 6.19. The first kappa shape index (κ1) is 15.5. The van der Waals surface area contributed by atoms with E-state index in [9.17, 15) is 0 Å². The molecule has 0 saturated heterocycles. The van der Waals surface area contributed by atoms with Crippen molar-refractivity contribution in [1.82, 2.24) is 0 Å². The molecule has 108 valence electrons. The lowest BCUT2D eigenvalue weighted by Crippen LogP contribution is -1.99. The highest BCUT2D eigenvalue weighted by Crippen LogP contribution is 2.44. The number of halogens is 2. The summed E-state index contributed by atoms with van der Waals surface area (Å²) in [7, 11) is 4.75. The van der Waals surface area contributed by atoms with Gasteiger partial charge in [-0.15, -0.1) is 22.9 Å². The largest absolute Gasteiger partial charge is 0.493 e. The number of hydrogen-bond donors (Lipinski definition) is 0. The minimum atomic E-state index is -0.280. The van der Waals surface area contributed by atoms with Crippen molar-refractivity contribution in [2.75, 3.05) is 21.3 Å². The van der Waals surface area contributed by atoms with E-state index < -0.39 is 0 Å². The Bertz CT molecular complexity index is 575. The molecule has 0 bridgehead atoms. The molecule has 20 heavy (non-hydrogen) atoms. The van der Waals surface area contributed by atoms with Crippen molar-refractivity contribution >= 4 is 38.9 Å². The van der Waals surface area contributed by atoms with Crippen LogP contribution in [0.4, 0.5) is 0 Å². The van der Waals surface area contributed by atoms with Gasteiger partial charge in [0.15, 0.2) is 11.5 Å². The number of hydrogen-bond acceptors (Lipinski definition) is 4. The van der Waals surface area contributed by atoms with Crippen molar-refractivity contribution in [3.05, 3.63) is 38.5 Å². The lowest BCUT2D eigenvalue weighted by Gasteiger charge is -2.16. The van der Waals surface area contributed by atoms with Gasteiger partial charge in [0.05, 0.1) is 26.7 Å². The van der Waals surface area contributed by atoms with Gasteiger partial charge in [0, 0.05) is 9.35 Å². The van der Waals surface area contributed by atoms with Gasteiger partial charge in [0.25, 0.3) is 0 Å². The van der Waals surface area contributed by atoms with Crippen LogP contribution in [0.2, 0.25) is 0 Å². The minimum Gasteiger partial charge on any atom is -0.493 e. The van der Waals surface area contributed by atoms with Gasteiger partial charge in [-0.05, 0) is 45.1 Å². The van der Waals surface area contributed by atoms with Crippen LogP contribution in [0.15, 0.2) is 28.1 Å². The second-order valence-electron chi connectivity index (χ2n) is 3.95. The minimum absolute atomic E-state index is 0.280. The second kappa shape index (κ2) is 6.70. The average Bonchev–Trinajstić information content (AvgIpc) is 2.90. The summed E-state index contributed by atoms with van der Waals surface area (Å²) in [5.41, 5.74) is 0.893. The third kappa shape index (κ3) is 2.90. The van der Waals surface area contributed by atoms with Gasteiger partial charge in [-0.25, -0.2) is 0 Å². The molecule has 1 unspecified atom stereocenters. The molecule has 0 fully saturated rings. The molecule has 0 amide bonds. The Hall–Kier alpha value is -0.910. The Kier molecular flexibility index (Phi) is 5.18. The molecule has 2 rings (SSSR count). The zero-order valence-electron chi connectivity index (χ0n) is 11.3. The predicted octanol–water partition coefficient (Wildman–Crippen LogP) is 4.86. The van der Waals surface area contributed by atoms with E-state index in [0.29, 0.717) is 17.2 Å². The molecule has 2 aromatic rings. The summed E-state index contributed by atoms with van der Waals surface area (Å²) < 4.78 is 17.0. The molecule has 0 N–H and O–H groups in total. The van der Waals surface area contributed by atoms with Gasteiger partial charge >= 0.3 is 0 Å². The lowest BCUT2D eigenvalue weighted by atomic mass is 10.1. The van der Waals surface area contributed by atoms with Crippen LogP contribution >= 0.6 is 38.9 Å². The highest BCUT2D eigenvalue weighted by Gasteiger charge is 2.20. The van der Waals surface area contributed by atoms with Crippen LogP contribution in [0.25, 0.3) is 0 Å². The lowest BCUT2D eigenvalue weighted by molar-refractivity contribution is 0.324. The molecule has 1 aromatic heterocycles. The standard InChI is InChI=1S/C14H14BrClO3S/c1-17-10-6-8(7-11(18-2)13(10)19-3)12(16)14-9(15)4-5-20-14/h4-7,12H,1-3H3. The first-order valence-electron chi connectivity index (χ1n) is 5.79. The first-order chi connectivity index (χ1) is 9.62. The average molecular weight is 378 g/mol. The fourth-order valence-corrected chi connectivity index (χ4v) is 4.02. The molecule has 6 heteroatoms. The topological polar surface area (TPSA) is 27.7 Å². The number of rotatable bonds is 5. The Morgan fingerprint density at radius 1 is 1.10 bits per heavy atom. The maximum absolute atomic E-state index is 6.56. The predicted molar refractivity (Wildman–Crippen MR) is 85.8 cm³/mol. The highest BCUT2D eigenvalue weighted by molar-refractivity contribution is 9.10. The van der Waals surface area contributed by atoms with Crippen molar-refractivity contribution in [2.45, 2.75) is 5.38 Å². The molecule has 0 radical (unpaired) electrons. The van der Waals surface area contributed by atoms with E-state index in [4.69, 9.17) is 25.8 Å². The van der Waals surface area contributed by atoms with E-state index in [0.717, 1.165) is 14.9 Å². The Balaban J connectivity index is 2.49. The number of methoxy groups -OCH3 is 3. The monoisotopic (exact) mass is 376 g/mol. The van der Waals surface area contributed by atoms with Crippen molar-refractivity contribution in [2.24, 2.45) is 0 Å². The fourth-order valence-electron chi connectivity index (χ4n) is 1.89. The zero-order valence-corrected chi connectivity index (χ0v) is 14.4. The number of benzene rings is 1. The fraction of sp³-hybridized carbons (Fsp3) is 0.286. The maximum Gasteiger partial charge on any atom is 0.203 e. The van der Waals surface area contributed by atoms with Gasteiger partial charge in [0.2, 0.25) is 5.75 Å². The third-order valence-electron chi connectivity index (χ3n) is 2.85. The Labute approximate surface area is 135 Å². The summed E-state index contributed by atoms with van der Waals surface area (Å²) in [4.78, 5) is 1.04. The van der Waals surface area contributed by atoms with Crippen LogP contribution in [-0.4, -0.2) is 21.3 Å². The van der Waals surface area contributed by atoms with Gasteiger partial charge in [0.1, 0.15) is 0 Å². The molecule has 0 saturated carbocycles. The third-order valence-corrected chi connectivity index (χ3v) is 5.39. The number of ether oxygens (including phenoxy) is 3. The smallest absolute Gasteiger partial charge is 0.203 e. The quantitative estimate of drug-likeness (QED) is 0.696. The SMILES string of the molecule is COc1cc(C(Cl)c2sccc2Br)cc(OC)c1OC. The van der Waals surface area contributed by atoms with E-state index in [1.165, 1.54) is 0 Å². The summed E-state index contributed by atoms with van der Waals surface area (Å²) in [6, 6.07) is 5.71. The summed E-state index contributed by atoms with van der Waals surface area (Å²) in [5, 5.41) is 1.71. The summed E-state index contributed by atoms with van der Waals surface area (Å²) in [5.74, 6) is 1.76. The van der Waals surface area contributed by atoms with Gasteiger partial charge in [-0.3, -0.25) is 0 Å². The van der Waals surface area contributed by atoms with Gasteiger partial charge in [-0.2, -0.15) is 0 Å². The summed E-state index contributed by atoms with van der Waals surface area (Å²) in [6.45, 7) is 0. The Morgan fingerprint density at radius 3 is 2.10 bits per heavy atom. The van der Waals surface area contributed by atoms with Crippen LogP contribution in [0.5, 0.6) is 17.2 Å². The van der Waals surface area contributed by atoms with E-state index in [1.54, 1.807) is 32.7 Å². The summed E-state index contributed by atoms with van der Waals surface area (Å²) >= 11 is 11.7. The molecule has 1 heterocycles. The van der Waals surface area contributed by atoms with Gasteiger partial charge in [-0.1, -0.05) is 0 Å². The molecule has 0 spiro atoms. The zero-order chi connectivity index (χ0) is 14.7. The molecule has 1 aromatic carbocycles. The number of alkyl halides is 1. The van der Waals surface area contributed by atoms with E-state index >= 15 is 0 Å². The molecular formula is C14H14BrClO3S. The van der Waals surface area contributed by atoms with Crippen LogP contribution in [0.3, 0.4) is 0 Å². The van der Waals surface area contributed by atoms with Crippen LogP contribution in [0.1, 0.15) is 15.8 Å². The van der Waals surface area contributed by atoms with E-state index in [-0.39, 0.29) is 5.38 Å². The van der Waals surface area contributed by atoms with Crippen LogP contribution in [0, 0.1) is 0 Å². The molecule has 1 atom stereocenters. The van der Waals surface area contributed by atoms with Gasteiger partial charge < -0.3 is 14.2 Å².